The summed E-state index contributed by atoms with van der Waals surface area (Å²) in [6.07, 6.45) is 5.46. The van der Waals surface area contributed by atoms with E-state index in [-0.39, 0.29) is 23.4 Å². The van der Waals surface area contributed by atoms with Gasteiger partial charge in [-0.15, -0.1) is 0 Å². The molecule has 0 radical (unpaired) electrons. The lowest BCUT2D eigenvalue weighted by Gasteiger charge is -2.34. The van der Waals surface area contributed by atoms with Crippen molar-refractivity contribution in [2.24, 2.45) is 0 Å². The largest absolute Gasteiger partial charge is 0.497 e. The second-order valence-corrected chi connectivity index (χ2v) is 12.8. The van der Waals surface area contributed by atoms with Gasteiger partial charge < -0.3 is 19.7 Å². The third-order valence-corrected chi connectivity index (χ3v) is 9.66. The van der Waals surface area contributed by atoms with Crippen LogP contribution in [0.4, 0.5) is 5.69 Å². The first kappa shape index (κ1) is 32.9. The van der Waals surface area contributed by atoms with Crippen molar-refractivity contribution in [3.8, 4) is 11.5 Å². The molecule has 1 aliphatic rings. The van der Waals surface area contributed by atoms with E-state index in [0.29, 0.717) is 30.2 Å². The maximum atomic E-state index is 14.3. The normalized spacial score (nSPS) is 14.3. The number of rotatable bonds is 14. The van der Waals surface area contributed by atoms with Crippen molar-refractivity contribution in [2.45, 2.75) is 75.9 Å². The van der Waals surface area contributed by atoms with Gasteiger partial charge in [0.25, 0.3) is 10.0 Å². The summed E-state index contributed by atoms with van der Waals surface area (Å²) in [5.74, 6) is 0.458. The Kier molecular flexibility index (Phi) is 11.7. The van der Waals surface area contributed by atoms with Gasteiger partial charge >= 0.3 is 0 Å². The molecule has 0 saturated heterocycles. The van der Waals surface area contributed by atoms with Gasteiger partial charge in [-0.1, -0.05) is 56.5 Å². The number of amides is 2. The SMILES string of the molecule is CCOc1ccc(S(=O)(=O)N(CC(=O)N(Cc2cccc(OC)c2)[C@H](CC)C(=O)NC2CCCCC2)c2ccccc2)cc1. The maximum Gasteiger partial charge on any atom is 0.264 e. The van der Waals surface area contributed by atoms with E-state index in [0.717, 1.165) is 42.0 Å². The number of carbonyl (C=O) groups excluding carboxylic acids is 2. The average Bonchev–Trinajstić information content (AvgIpc) is 3.04. The fourth-order valence-corrected chi connectivity index (χ4v) is 6.97. The molecule has 3 aromatic carbocycles. The first-order valence-electron chi connectivity index (χ1n) is 15.3. The van der Waals surface area contributed by atoms with Crippen molar-refractivity contribution >= 4 is 27.5 Å². The van der Waals surface area contributed by atoms with Gasteiger partial charge in [-0.2, -0.15) is 0 Å². The van der Waals surface area contributed by atoms with E-state index in [1.807, 2.05) is 38.1 Å². The number of hydrogen-bond donors (Lipinski definition) is 1. The lowest BCUT2D eigenvalue weighted by atomic mass is 9.95. The van der Waals surface area contributed by atoms with Crippen LogP contribution in [0.15, 0.2) is 83.8 Å². The predicted octanol–water partition coefficient (Wildman–Crippen LogP) is 5.55. The van der Waals surface area contributed by atoms with Crippen LogP contribution in [0.3, 0.4) is 0 Å². The van der Waals surface area contributed by atoms with Crippen LogP contribution in [-0.2, 0) is 26.2 Å². The molecule has 0 spiro atoms. The van der Waals surface area contributed by atoms with Crippen LogP contribution >= 0.6 is 0 Å². The summed E-state index contributed by atoms with van der Waals surface area (Å²) in [6, 6.07) is 21.3. The topological polar surface area (TPSA) is 105 Å². The van der Waals surface area contributed by atoms with Crippen molar-refractivity contribution in [1.29, 1.82) is 0 Å². The molecule has 0 unspecified atom stereocenters. The van der Waals surface area contributed by atoms with E-state index in [4.69, 9.17) is 9.47 Å². The van der Waals surface area contributed by atoms with Crippen LogP contribution in [-0.4, -0.2) is 57.5 Å². The van der Waals surface area contributed by atoms with Crippen LogP contribution in [0.5, 0.6) is 11.5 Å². The molecule has 3 aromatic rings. The third-order valence-electron chi connectivity index (χ3n) is 7.87. The molecule has 1 saturated carbocycles. The van der Waals surface area contributed by atoms with Crippen molar-refractivity contribution < 1.29 is 27.5 Å². The minimum absolute atomic E-state index is 0.0269. The Hall–Kier alpha value is -4.05. The van der Waals surface area contributed by atoms with Gasteiger partial charge in [0.1, 0.15) is 24.1 Å². The van der Waals surface area contributed by atoms with Crippen molar-refractivity contribution in [3.63, 3.8) is 0 Å². The summed E-state index contributed by atoms with van der Waals surface area (Å²) in [4.78, 5) is 29.5. The van der Waals surface area contributed by atoms with Crippen LogP contribution in [0.2, 0.25) is 0 Å². The standard InChI is InChI=1S/C34H43N3O6S/c1-4-32(34(39)35-27-14-8-6-9-15-27)36(24-26-13-12-18-30(23-26)42-3)33(38)25-37(28-16-10-7-11-17-28)44(40,41)31-21-19-29(20-22-31)43-5-2/h7,10-13,16-23,27,32H,4-6,8-9,14-15,24-25H2,1-3H3,(H,35,39)/t32-/m1/s1. The van der Waals surface area contributed by atoms with Gasteiger partial charge in [-0.25, -0.2) is 8.42 Å². The summed E-state index contributed by atoms with van der Waals surface area (Å²) in [6.45, 7) is 3.79. The fraction of sp³-hybridized carbons (Fsp3) is 0.412. The monoisotopic (exact) mass is 621 g/mol. The molecule has 10 heteroatoms. The van der Waals surface area contributed by atoms with Crippen molar-refractivity contribution in [1.82, 2.24) is 10.2 Å². The molecule has 0 aromatic heterocycles. The number of para-hydroxylation sites is 1. The molecule has 44 heavy (non-hydrogen) atoms. The minimum Gasteiger partial charge on any atom is -0.497 e. The van der Waals surface area contributed by atoms with Crippen molar-refractivity contribution in [3.05, 3.63) is 84.4 Å². The molecule has 4 rings (SSSR count). The molecule has 1 fully saturated rings. The first-order valence-corrected chi connectivity index (χ1v) is 16.7. The van der Waals surface area contributed by atoms with Gasteiger partial charge in [0.15, 0.2) is 0 Å². The summed E-state index contributed by atoms with van der Waals surface area (Å²) in [7, 11) is -2.60. The van der Waals surface area contributed by atoms with E-state index < -0.39 is 28.5 Å². The second kappa shape index (κ2) is 15.6. The molecule has 1 atom stereocenters. The molecule has 0 heterocycles. The van der Waals surface area contributed by atoms with Gasteiger partial charge in [0.05, 0.1) is 24.3 Å². The number of benzene rings is 3. The Morgan fingerprint density at radius 1 is 0.909 bits per heavy atom. The highest BCUT2D eigenvalue weighted by atomic mass is 32.2. The lowest BCUT2D eigenvalue weighted by molar-refractivity contribution is -0.140. The highest BCUT2D eigenvalue weighted by molar-refractivity contribution is 7.92. The summed E-state index contributed by atoms with van der Waals surface area (Å²) in [5, 5.41) is 3.17. The zero-order valence-electron chi connectivity index (χ0n) is 25.8. The first-order chi connectivity index (χ1) is 21.3. The van der Waals surface area contributed by atoms with E-state index in [9.17, 15) is 18.0 Å². The Balaban J connectivity index is 1.69. The maximum absolute atomic E-state index is 14.3. The molecular weight excluding hydrogens is 578 g/mol. The summed E-state index contributed by atoms with van der Waals surface area (Å²) in [5.41, 5.74) is 1.11. The quantitative estimate of drug-likeness (QED) is 0.253. The zero-order chi connectivity index (χ0) is 31.5. The molecule has 0 aliphatic heterocycles. The summed E-state index contributed by atoms with van der Waals surface area (Å²) < 4.78 is 40.1. The molecular formula is C34H43N3O6S. The number of carbonyl (C=O) groups is 2. The Morgan fingerprint density at radius 3 is 2.25 bits per heavy atom. The van der Waals surface area contributed by atoms with E-state index in [2.05, 4.69) is 5.32 Å². The number of methoxy groups -OCH3 is 1. The second-order valence-electron chi connectivity index (χ2n) is 10.9. The van der Waals surface area contributed by atoms with Gasteiger partial charge in [0, 0.05) is 12.6 Å². The van der Waals surface area contributed by atoms with E-state index in [1.54, 1.807) is 49.6 Å². The third kappa shape index (κ3) is 8.31. The van der Waals surface area contributed by atoms with Gasteiger partial charge in [-0.3, -0.25) is 13.9 Å². The average molecular weight is 622 g/mol. The Labute approximate surface area is 261 Å². The molecule has 1 N–H and O–H groups in total. The number of nitrogens with zero attached hydrogens (tertiary/aromatic N) is 2. The summed E-state index contributed by atoms with van der Waals surface area (Å²) >= 11 is 0. The molecule has 0 bridgehead atoms. The van der Waals surface area contributed by atoms with E-state index in [1.165, 1.54) is 17.0 Å². The molecule has 1 aliphatic carbocycles. The molecule has 236 valence electrons. The Morgan fingerprint density at radius 2 is 1.61 bits per heavy atom. The minimum atomic E-state index is -4.16. The van der Waals surface area contributed by atoms with Crippen LogP contribution in [0.25, 0.3) is 0 Å². The number of sulfonamides is 1. The number of nitrogens with one attached hydrogen (secondary N) is 1. The van der Waals surface area contributed by atoms with Gasteiger partial charge in [0.2, 0.25) is 11.8 Å². The zero-order valence-corrected chi connectivity index (χ0v) is 26.6. The van der Waals surface area contributed by atoms with E-state index >= 15 is 0 Å². The van der Waals surface area contributed by atoms with Crippen LogP contribution < -0.4 is 19.1 Å². The van der Waals surface area contributed by atoms with Crippen LogP contribution in [0, 0.1) is 0 Å². The Bertz CT molecular complexity index is 1470. The number of anilines is 1. The fourth-order valence-electron chi connectivity index (χ4n) is 5.56. The van der Waals surface area contributed by atoms with Crippen LogP contribution in [0.1, 0.15) is 57.9 Å². The predicted molar refractivity (Wildman–Crippen MR) is 171 cm³/mol. The number of hydrogen-bond acceptors (Lipinski definition) is 6. The van der Waals surface area contributed by atoms with Gasteiger partial charge in [-0.05, 0) is 80.3 Å². The smallest absolute Gasteiger partial charge is 0.264 e. The molecule has 9 nitrogen and oxygen atoms in total. The number of ether oxygens (including phenoxy) is 2. The highest BCUT2D eigenvalue weighted by Crippen LogP contribution is 2.27. The lowest BCUT2D eigenvalue weighted by Crippen LogP contribution is -2.54. The van der Waals surface area contributed by atoms with Crippen molar-refractivity contribution in [2.75, 3.05) is 24.6 Å². The molecule has 2 amide bonds. The highest BCUT2D eigenvalue weighted by Gasteiger charge is 2.34.